The molecule has 0 spiro atoms. The van der Waals surface area contributed by atoms with Crippen molar-refractivity contribution in [3.63, 3.8) is 0 Å². The zero-order valence-corrected chi connectivity index (χ0v) is 9.97. The maximum Gasteiger partial charge on any atom is 0.224 e. The third kappa shape index (κ3) is 3.35. The highest BCUT2D eigenvalue weighted by atomic mass is 16.3. The van der Waals surface area contributed by atoms with Gasteiger partial charge < -0.3 is 10.4 Å². The monoisotopic (exact) mass is 241 g/mol. The van der Waals surface area contributed by atoms with Gasteiger partial charge in [0.1, 0.15) is 5.75 Å². The van der Waals surface area contributed by atoms with Crippen molar-refractivity contribution in [3.8, 4) is 5.75 Å². The normalized spacial score (nSPS) is 10.0. The summed E-state index contributed by atoms with van der Waals surface area (Å²) >= 11 is 0. The fraction of sp³-hybridized carbons (Fsp3) is 0.133. The van der Waals surface area contributed by atoms with E-state index in [2.05, 4.69) is 5.32 Å². The summed E-state index contributed by atoms with van der Waals surface area (Å²) < 4.78 is 0. The number of hydrogen-bond donors (Lipinski definition) is 2. The van der Waals surface area contributed by atoms with Crippen molar-refractivity contribution >= 4 is 5.91 Å². The van der Waals surface area contributed by atoms with Crippen molar-refractivity contribution in [2.24, 2.45) is 0 Å². The molecule has 0 fully saturated rings. The highest BCUT2D eigenvalue weighted by Gasteiger charge is 2.04. The Hall–Kier alpha value is -2.29. The second-order valence-electron chi connectivity index (χ2n) is 4.07. The molecule has 0 aromatic heterocycles. The molecule has 92 valence electrons. The number of carbonyl (C=O) groups is 1. The highest BCUT2D eigenvalue weighted by Crippen LogP contribution is 2.14. The van der Waals surface area contributed by atoms with Crippen LogP contribution >= 0.6 is 0 Å². The molecule has 3 heteroatoms. The van der Waals surface area contributed by atoms with Crippen molar-refractivity contribution in [1.82, 2.24) is 5.32 Å². The highest BCUT2D eigenvalue weighted by molar-refractivity contribution is 5.78. The molecule has 0 aliphatic carbocycles. The van der Waals surface area contributed by atoms with Gasteiger partial charge >= 0.3 is 0 Å². The van der Waals surface area contributed by atoms with Crippen molar-refractivity contribution in [2.45, 2.75) is 13.0 Å². The molecule has 0 heterocycles. The molecule has 0 bridgehead atoms. The molecular formula is C15H15NO2. The van der Waals surface area contributed by atoms with E-state index >= 15 is 0 Å². The molecule has 1 amide bonds. The lowest BCUT2D eigenvalue weighted by molar-refractivity contribution is -0.120. The number of phenols is 1. The van der Waals surface area contributed by atoms with Crippen LogP contribution in [0.1, 0.15) is 11.1 Å². The van der Waals surface area contributed by atoms with Crippen LogP contribution in [0.2, 0.25) is 0 Å². The third-order valence-corrected chi connectivity index (χ3v) is 2.68. The SMILES string of the molecule is O=C(Cc1ccccc1)NCc1ccccc1O. The number of hydrogen-bond acceptors (Lipinski definition) is 2. The second kappa shape index (κ2) is 5.87. The zero-order valence-electron chi connectivity index (χ0n) is 9.97. The molecule has 2 N–H and O–H groups in total. The zero-order chi connectivity index (χ0) is 12.8. The van der Waals surface area contributed by atoms with E-state index in [1.165, 1.54) is 0 Å². The Labute approximate surface area is 106 Å². The second-order valence-corrected chi connectivity index (χ2v) is 4.07. The van der Waals surface area contributed by atoms with Crippen LogP contribution in [0.15, 0.2) is 54.6 Å². The van der Waals surface area contributed by atoms with Gasteiger partial charge in [0.15, 0.2) is 0 Å². The molecule has 0 unspecified atom stereocenters. The van der Waals surface area contributed by atoms with Gasteiger partial charge in [-0.15, -0.1) is 0 Å². The topological polar surface area (TPSA) is 49.3 Å². The summed E-state index contributed by atoms with van der Waals surface area (Å²) in [6, 6.07) is 16.6. The van der Waals surface area contributed by atoms with E-state index in [9.17, 15) is 9.90 Å². The first-order chi connectivity index (χ1) is 8.75. The first kappa shape index (κ1) is 12.2. The number of carbonyl (C=O) groups excluding carboxylic acids is 1. The molecule has 0 saturated heterocycles. The van der Waals surface area contributed by atoms with Crippen LogP contribution in [0.4, 0.5) is 0 Å². The Balaban J connectivity index is 1.88. The number of para-hydroxylation sites is 1. The first-order valence-corrected chi connectivity index (χ1v) is 5.83. The van der Waals surface area contributed by atoms with Crippen LogP contribution in [-0.4, -0.2) is 11.0 Å². The average Bonchev–Trinajstić information content (AvgIpc) is 2.39. The van der Waals surface area contributed by atoms with Gasteiger partial charge in [0.05, 0.1) is 6.42 Å². The molecule has 3 nitrogen and oxygen atoms in total. The molecule has 2 aromatic rings. The quantitative estimate of drug-likeness (QED) is 0.862. The van der Waals surface area contributed by atoms with Gasteiger partial charge in [-0.05, 0) is 11.6 Å². The van der Waals surface area contributed by atoms with Crippen LogP contribution in [-0.2, 0) is 17.8 Å². The van der Waals surface area contributed by atoms with Crippen molar-refractivity contribution in [1.29, 1.82) is 0 Å². The summed E-state index contributed by atoms with van der Waals surface area (Å²) in [5.41, 5.74) is 1.70. The number of amides is 1. The molecule has 0 saturated carbocycles. The van der Waals surface area contributed by atoms with Crippen LogP contribution in [0.5, 0.6) is 5.75 Å². The van der Waals surface area contributed by atoms with Gasteiger partial charge in [-0.3, -0.25) is 4.79 Å². The van der Waals surface area contributed by atoms with E-state index in [0.29, 0.717) is 13.0 Å². The summed E-state index contributed by atoms with van der Waals surface area (Å²) in [4.78, 5) is 11.7. The number of phenolic OH excluding ortho intramolecular Hbond substituents is 1. The smallest absolute Gasteiger partial charge is 0.224 e. The Morgan fingerprint density at radius 1 is 1.00 bits per heavy atom. The van der Waals surface area contributed by atoms with Crippen LogP contribution in [0.3, 0.4) is 0 Å². The number of nitrogens with one attached hydrogen (secondary N) is 1. The fourth-order valence-electron chi connectivity index (χ4n) is 1.70. The Bertz CT molecular complexity index is 523. The third-order valence-electron chi connectivity index (χ3n) is 2.68. The van der Waals surface area contributed by atoms with Crippen molar-refractivity contribution in [2.75, 3.05) is 0 Å². The average molecular weight is 241 g/mol. The fourth-order valence-corrected chi connectivity index (χ4v) is 1.70. The molecule has 2 rings (SSSR count). The van der Waals surface area contributed by atoms with E-state index in [0.717, 1.165) is 11.1 Å². The molecule has 0 radical (unpaired) electrons. The number of aromatic hydroxyl groups is 1. The predicted octanol–water partition coefficient (Wildman–Crippen LogP) is 2.25. The van der Waals surface area contributed by atoms with Crippen molar-refractivity contribution < 1.29 is 9.90 Å². The molecular weight excluding hydrogens is 226 g/mol. The van der Waals surface area contributed by atoms with Crippen LogP contribution in [0, 0.1) is 0 Å². The minimum absolute atomic E-state index is 0.0514. The molecule has 0 aliphatic rings. The lowest BCUT2D eigenvalue weighted by Crippen LogP contribution is -2.24. The maximum atomic E-state index is 11.7. The van der Waals surface area contributed by atoms with E-state index in [1.54, 1.807) is 18.2 Å². The van der Waals surface area contributed by atoms with E-state index in [1.807, 2.05) is 36.4 Å². The molecule has 0 aliphatic heterocycles. The van der Waals surface area contributed by atoms with Gasteiger partial charge in [0.2, 0.25) is 5.91 Å². The summed E-state index contributed by atoms with van der Waals surface area (Å²) in [6.07, 6.45) is 0.356. The maximum absolute atomic E-state index is 11.7. The van der Waals surface area contributed by atoms with E-state index in [4.69, 9.17) is 0 Å². The first-order valence-electron chi connectivity index (χ1n) is 5.83. The van der Waals surface area contributed by atoms with Gasteiger partial charge in [-0.1, -0.05) is 48.5 Å². The van der Waals surface area contributed by atoms with E-state index < -0.39 is 0 Å². The molecule has 0 atom stereocenters. The van der Waals surface area contributed by atoms with Crippen LogP contribution < -0.4 is 5.32 Å². The molecule has 2 aromatic carbocycles. The van der Waals surface area contributed by atoms with Gasteiger partial charge in [0.25, 0.3) is 0 Å². The van der Waals surface area contributed by atoms with Gasteiger partial charge in [-0.2, -0.15) is 0 Å². The Morgan fingerprint density at radius 3 is 2.39 bits per heavy atom. The summed E-state index contributed by atoms with van der Waals surface area (Å²) in [7, 11) is 0. The summed E-state index contributed by atoms with van der Waals surface area (Å²) in [5, 5.41) is 12.4. The Kier molecular flexibility index (Phi) is 3.97. The standard InChI is InChI=1S/C15H15NO2/c17-14-9-5-4-8-13(14)11-16-15(18)10-12-6-2-1-3-7-12/h1-9,17H,10-11H2,(H,16,18). The number of benzene rings is 2. The lowest BCUT2D eigenvalue weighted by atomic mass is 10.1. The predicted molar refractivity (Wildman–Crippen MR) is 70.1 cm³/mol. The van der Waals surface area contributed by atoms with Gasteiger partial charge in [-0.25, -0.2) is 0 Å². The largest absolute Gasteiger partial charge is 0.508 e. The van der Waals surface area contributed by atoms with E-state index in [-0.39, 0.29) is 11.7 Å². The minimum atomic E-state index is -0.0514. The van der Waals surface area contributed by atoms with Crippen LogP contribution in [0.25, 0.3) is 0 Å². The molecule has 18 heavy (non-hydrogen) atoms. The summed E-state index contributed by atoms with van der Waals surface area (Å²) in [5.74, 6) is 0.155. The summed E-state index contributed by atoms with van der Waals surface area (Å²) in [6.45, 7) is 0.346. The Morgan fingerprint density at radius 2 is 1.67 bits per heavy atom. The minimum Gasteiger partial charge on any atom is -0.508 e. The number of rotatable bonds is 4. The van der Waals surface area contributed by atoms with Crippen molar-refractivity contribution in [3.05, 3.63) is 65.7 Å². The van der Waals surface area contributed by atoms with Gasteiger partial charge in [0, 0.05) is 12.1 Å². The lowest BCUT2D eigenvalue weighted by Gasteiger charge is -2.07.